The van der Waals surface area contributed by atoms with E-state index in [4.69, 9.17) is 4.74 Å². The molecule has 528 valence electrons. The molecular weight excluding hydrogens is 1090 g/mol. The van der Waals surface area contributed by atoms with Crippen LogP contribution >= 0.6 is 0 Å². The second kappa shape index (κ2) is 78.8. The van der Waals surface area contributed by atoms with Crippen LogP contribution in [-0.4, -0.2) is 47.4 Å². The Hall–Kier alpha value is -1.66. The molecule has 6 heteroatoms. The lowest BCUT2D eigenvalue weighted by Crippen LogP contribution is -2.45. The van der Waals surface area contributed by atoms with Crippen LogP contribution in [0.15, 0.2) is 24.3 Å². The van der Waals surface area contributed by atoms with Crippen LogP contribution in [0.1, 0.15) is 470 Å². The molecule has 0 aromatic carbocycles. The summed E-state index contributed by atoms with van der Waals surface area (Å²) in [6.07, 6.45) is 101. The number of carbonyl (C=O) groups is 2. The molecule has 6 nitrogen and oxygen atoms in total. The second-order valence-corrected chi connectivity index (χ2v) is 28.5. The van der Waals surface area contributed by atoms with Gasteiger partial charge in [0.15, 0.2) is 0 Å². The van der Waals surface area contributed by atoms with Crippen LogP contribution in [0, 0.1) is 0 Å². The summed E-state index contributed by atoms with van der Waals surface area (Å²) in [5.74, 6) is -0.00849. The molecule has 0 heterocycles. The Balaban J connectivity index is 3.31. The first kappa shape index (κ1) is 87.3. The summed E-state index contributed by atoms with van der Waals surface area (Å²) >= 11 is 0. The Bertz CT molecular complexity index is 1400. The minimum Gasteiger partial charge on any atom is -0.466 e. The number of unbranched alkanes of at least 4 members (excludes halogenated alkanes) is 63. The van der Waals surface area contributed by atoms with Crippen LogP contribution in [0.3, 0.4) is 0 Å². The highest BCUT2D eigenvalue weighted by Gasteiger charge is 2.20. The van der Waals surface area contributed by atoms with Crippen LogP contribution in [0.4, 0.5) is 0 Å². The van der Waals surface area contributed by atoms with E-state index < -0.39 is 12.1 Å². The number of aliphatic hydroxyl groups is 2. The van der Waals surface area contributed by atoms with E-state index in [-0.39, 0.29) is 18.5 Å². The highest BCUT2D eigenvalue weighted by molar-refractivity contribution is 5.76. The van der Waals surface area contributed by atoms with Crippen molar-refractivity contribution in [3.63, 3.8) is 0 Å². The van der Waals surface area contributed by atoms with Crippen LogP contribution < -0.4 is 5.32 Å². The molecule has 2 atom stereocenters. The molecule has 1 amide bonds. The molecule has 0 spiro atoms. The summed E-state index contributed by atoms with van der Waals surface area (Å²) in [6.45, 7) is 4.98. The summed E-state index contributed by atoms with van der Waals surface area (Å²) in [5, 5.41) is 23.5. The standard InChI is InChI=1S/C83H161NO5/c1-3-5-7-9-11-13-15-17-19-21-22-40-44-47-51-55-59-63-67-71-75-81(86)80(79-85)84-82(87)76-72-68-64-60-56-52-48-45-41-38-36-34-32-30-28-26-24-23-25-27-29-31-33-35-37-39-42-46-50-54-58-62-66-70-74-78-89-83(88)77-73-69-65-61-57-53-49-43-20-18-16-14-12-10-8-6-4-2/h12,14,18,20,80-81,85-86H,3-11,13,15-17,19,21-79H2,1-2H3,(H,84,87)/b14-12-,20-18-. The average molecular weight is 1250 g/mol. The van der Waals surface area contributed by atoms with Crippen molar-refractivity contribution in [1.29, 1.82) is 0 Å². The summed E-state index contributed by atoms with van der Waals surface area (Å²) in [6, 6.07) is -0.538. The van der Waals surface area contributed by atoms with Gasteiger partial charge in [0.1, 0.15) is 0 Å². The van der Waals surface area contributed by atoms with Crippen molar-refractivity contribution in [1.82, 2.24) is 5.32 Å². The van der Waals surface area contributed by atoms with Gasteiger partial charge in [0.25, 0.3) is 0 Å². The zero-order chi connectivity index (χ0) is 64.2. The van der Waals surface area contributed by atoms with Crippen molar-refractivity contribution in [2.24, 2.45) is 0 Å². The van der Waals surface area contributed by atoms with Gasteiger partial charge in [0.05, 0.1) is 25.4 Å². The minimum absolute atomic E-state index is 0.0158. The lowest BCUT2D eigenvalue weighted by atomic mass is 10.0. The number of nitrogens with one attached hydrogen (secondary N) is 1. The largest absolute Gasteiger partial charge is 0.466 e. The van der Waals surface area contributed by atoms with Crippen LogP contribution in [0.2, 0.25) is 0 Å². The summed E-state index contributed by atoms with van der Waals surface area (Å²) in [4.78, 5) is 24.7. The fourth-order valence-corrected chi connectivity index (χ4v) is 13.3. The highest BCUT2D eigenvalue weighted by atomic mass is 16.5. The normalized spacial score (nSPS) is 12.5. The lowest BCUT2D eigenvalue weighted by Gasteiger charge is -2.22. The van der Waals surface area contributed by atoms with Crippen molar-refractivity contribution < 1.29 is 24.5 Å². The number of allylic oxidation sites excluding steroid dienone is 4. The predicted octanol–water partition coefficient (Wildman–Crippen LogP) is 27.2. The van der Waals surface area contributed by atoms with E-state index in [9.17, 15) is 19.8 Å². The number of amides is 1. The van der Waals surface area contributed by atoms with E-state index in [2.05, 4.69) is 43.5 Å². The minimum atomic E-state index is -0.661. The molecule has 89 heavy (non-hydrogen) atoms. The molecule has 0 bridgehead atoms. The SMILES string of the molecule is CCCCC/C=C\C/C=C\CCCCCCCCCC(=O)OCCCCCCCCCCCCCCCCCCCCCCCCCCCCCCCCCCCCCC(=O)NC(CO)C(O)CCCCCCCCCCCCCCCCCCCCCC. The summed E-state index contributed by atoms with van der Waals surface area (Å²) < 4.78 is 5.51. The van der Waals surface area contributed by atoms with Gasteiger partial charge in [-0.2, -0.15) is 0 Å². The first-order valence-corrected chi connectivity index (χ1v) is 41.1. The number of rotatable bonds is 78. The third kappa shape index (κ3) is 75.3. The number of carbonyl (C=O) groups excluding carboxylic acids is 2. The number of aliphatic hydroxyl groups excluding tert-OH is 2. The molecule has 0 aromatic rings. The van der Waals surface area contributed by atoms with Gasteiger partial charge in [-0.3, -0.25) is 9.59 Å². The van der Waals surface area contributed by atoms with Crippen molar-refractivity contribution in [2.75, 3.05) is 13.2 Å². The third-order valence-corrected chi connectivity index (χ3v) is 19.5. The summed E-state index contributed by atoms with van der Waals surface area (Å²) in [5.41, 5.74) is 0. The lowest BCUT2D eigenvalue weighted by molar-refractivity contribution is -0.143. The maximum Gasteiger partial charge on any atom is 0.305 e. The van der Waals surface area contributed by atoms with E-state index in [1.54, 1.807) is 0 Å². The van der Waals surface area contributed by atoms with Gasteiger partial charge in [-0.15, -0.1) is 0 Å². The molecule has 0 aliphatic carbocycles. The van der Waals surface area contributed by atoms with E-state index >= 15 is 0 Å². The molecule has 0 aromatic heterocycles. The van der Waals surface area contributed by atoms with Crippen molar-refractivity contribution in [3.8, 4) is 0 Å². The van der Waals surface area contributed by atoms with Crippen LogP contribution in [0.25, 0.3) is 0 Å². The van der Waals surface area contributed by atoms with Crippen LogP contribution in [-0.2, 0) is 14.3 Å². The Morgan fingerprint density at radius 3 is 0.876 bits per heavy atom. The zero-order valence-electron chi connectivity index (χ0n) is 60.7. The number of hydrogen-bond acceptors (Lipinski definition) is 5. The van der Waals surface area contributed by atoms with Gasteiger partial charge in [-0.25, -0.2) is 0 Å². The Morgan fingerprint density at radius 1 is 0.315 bits per heavy atom. The molecule has 0 radical (unpaired) electrons. The predicted molar refractivity (Wildman–Crippen MR) is 393 cm³/mol. The Morgan fingerprint density at radius 2 is 0.562 bits per heavy atom. The second-order valence-electron chi connectivity index (χ2n) is 28.5. The number of hydrogen-bond donors (Lipinski definition) is 3. The van der Waals surface area contributed by atoms with E-state index in [1.165, 1.54) is 385 Å². The molecule has 0 saturated carbocycles. The smallest absolute Gasteiger partial charge is 0.305 e. The topological polar surface area (TPSA) is 95.9 Å². The van der Waals surface area contributed by atoms with Gasteiger partial charge in [-0.1, -0.05) is 423 Å². The van der Waals surface area contributed by atoms with Crippen LogP contribution in [0.5, 0.6) is 0 Å². The molecule has 0 saturated heterocycles. The molecule has 0 fully saturated rings. The average Bonchev–Trinajstić information content (AvgIpc) is 3.57. The summed E-state index contributed by atoms with van der Waals surface area (Å²) in [7, 11) is 0. The van der Waals surface area contributed by atoms with Crippen molar-refractivity contribution >= 4 is 11.9 Å². The fourth-order valence-electron chi connectivity index (χ4n) is 13.3. The molecule has 0 aliphatic rings. The quantitative estimate of drug-likeness (QED) is 0.0320. The number of ether oxygens (including phenoxy) is 1. The first-order valence-electron chi connectivity index (χ1n) is 41.1. The molecular formula is C83H161NO5. The van der Waals surface area contributed by atoms with Crippen molar-refractivity contribution in [2.45, 2.75) is 482 Å². The fraction of sp³-hybridized carbons (Fsp3) is 0.928. The van der Waals surface area contributed by atoms with Gasteiger partial charge in [-0.05, 0) is 57.8 Å². The van der Waals surface area contributed by atoms with Gasteiger partial charge >= 0.3 is 5.97 Å². The molecule has 3 N–H and O–H groups in total. The third-order valence-electron chi connectivity index (χ3n) is 19.5. The molecule has 0 rings (SSSR count). The van der Waals surface area contributed by atoms with Gasteiger partial charge < -0.3 is 20.3 Å². The van der Waals surface area contributed by atoms with E-state index in [1.807, 2.05) is 0 Å². The van der Waals surface area contributed by atoms with Gasteiger partial charge in [0, 0.05) is 12.8 Å². The Labute approximate surface area is 558 Å². The number of esters is 1. The maximum absolute atomic E-state index is 12.6. The zero-order valence-corrected chi connectivity index (χ0v) is 60.7. The highest BCUT2D eigenvalue weighted by Crippen LogP contribution is 2.21. The Kier molecular flexibility index (Phi) is 77.3. The van der Waals surface area contributed by atoms with E-state index in [0.717, 1.165) is 51.4 Å². The molecule has 2 unspecified atom stereocenters. The maximum atomic E-state index is 12.6. The molecule has 0 aliphatic heterocycles. The van der Waals surface area contributed by atoms with Gasteiger partial charge in [0.2, 0.25) is 5.91 Å². The van der Waals surface area contributed by atoms with E-state index in [0.29, 0.717) is 25.9 Å². The van der Waals surface area contributed by atoms with Crippen molar-refractivity contribution in [3.05, 3.63) is 24.3 Å². The first-order chi connectivity index (χ1) is 44.0. The monoisotopic (exact) mass is 1250 g/mol.